The predicted molar refractivity (Wildman–Crippen MR) is 111 cm³/mol. The lowest BCUT2D eigenvalue weighted by atomic mass is 10.1. The summed E-state index contributed by atoms with van der Waals surface area (Å²) in [5.74, 6) is -0.237. The Morgan fingerprint density at radius 3 is 2.35 bits per heavy atom. The van der Waals surface area contributed by atoms with E-state index in [9.17, 15) is 18.0 Å². The van der Waals surface area contributed by atoms with Crippen LogP contribution in [0.3, 0.4) is 0 Å². The molecule has 3 rings (SSSR count). The molecular formula is C21H24N2O7S. The van der Waals surface area contributed by atoms with Crippen molar-refractivity contribution < 1.29 is 31.7 Å². The first-order valence-electron chi connectivity index (χ1n) is 9.74. The first-order chi connectivity index (χ1) is 14.9. The van der Waals surface area contributed by atoms with Crippen LogP contribution in [0.15, 0.2) is 60.7 Å². The summed E-state index contributed by atoms with van der Waals surface area (Å²) in [5, 5.41) is 5.14. The number of amides is 2. The molecule has 31 heavy (non-hydrogen) atoms. The molecule has 1 heterocycles. The quantitative estimate of drug-likeness (QED) is 0.535. The van der Waals surface area contributed by atoms with E-state index < -0.39 is 34.5 Å². The van der Waals surface area contributed by atoms with Crippen molar-refractivity contribution in [2.75, 3.05) is 13.2 Å². The molecule has 0 radical (unpaired) electrons. The minimum absolute atomic E-state index is 0.0216. The first-order valence-corrected chi connectivity index (χ1v) is 11.3. The third kappa shape index (κ3) is 7.58. The lowest BCUT2D eigenvalue weighted by Gasteiger charge is -2.17. The molecule has 0 unspecified atom stereocenters. The Kier molecular flexibility index (Phi) is 7.85. The van der Waals surface area contributed by atoms with Crippen molar-refractivity contribution in [1.82, 2.24) is 10.6 Å². The van der Waals surface area contributed by atoms with Gasteiger partial charge in [0.15, 0.2) is 0 Å². The van der Waals surface area contributed by atoms with Crippen LogP contribution in [0.25, 0.3) is 0 Å². The van der Waals surface area contributed by atoms with Crippen LogP contribution in [-0.4, -0.2) is 45.9 Å². The second-order valence-electron chi connectivity index (χ2n) is 6.94. The number of benzene rings is 2. The second kappa shape index (κ2) is 10.8. The molecule has 166 valence electrons. The van der Waals surface area contributed by atoms with Crippen molar-refractivity contribution >= 4 is 22.3 Å². The Morgan fingerprint density at radius 2 is 1.68 bits per heavy atom. The van der Waals surface area contributed by atoms with Gasteiger partial charge in [0.2, 0.25) is 0 Å². The van der Waals surface area contributed by atoms with Crippen LogP contribution < -0.4 is 10.6 Å². The van der Waals surface area contributed by atoms with Crippen molar-refractivity contribution in [2.24, 2.45) is 0 Å². The number of carbonyl (C=O) groups excluding carboxylic acids is 2. The Hall–Kier alpha value is -3.11. The molecule has 9 nitrogen and oxygen atoms in total. The summed E-state index contributed by atoms with van der Waals surface area (Å²) in [6.45, 7) is 0.0120. The van der Waals surface area contributed by atoms with E-state index in [1.54, 1.807) is 30.3 Å². The lowest BCUT2D eigenvalue weighted by Crippen LogP contribution is -2.41. The molecule has 0 spiro atoms. The highest BCUT2D eigenvalue weighted by atomic mass is 32.2. The predicted octanol–water partition coefficient (Wildman–Crippen LogP) is 2.33. The number of carbonyl (C=O) groups is 2. The highest BCUT2D eigenvalue weighted by molar-refractivity contribution is 7.85. The molecule has 2 N–H and O–H groups in total. The van der Waals surface area contributed by atoms with E-state index in [0.29, 0.717) is 5.56 Å². The maximum atomic E-state index is 12.1. The Labute approximate surface area is 180 Å². The van der Waals surface area contributed by atoms with Gasteiger partial charge in [0.05, 0.1) is 19.2 Å². The summed E-state index contributed by atoms with van der Waals surface area (Å²) in [4.78, 5) is 23.5. The molecule has 2 aromatic rings. The van der Waals surface area contributed by atoms with Gasteiger partial charge in [-0.15, -0.1) is 0 Å². The van der Waals surface area contributed by atoms with Crippen LogP contribution in [0.1, 0.15) is 17.5 Å². The van der Waals surface area contributed by atoms with Crippen LogP contribution in [0.5, 0.6) is 0 Å². The normalized spacial score (nSPS) is 18.1. The van der Waals surface area contributed by atoms with Crippen molar-refractivity contribution in [1.29, 1.82) is 0 Å². The number of alkyl carbamates (subject to hydrolysis) is 2. The molecule has 10 heteroatoms. The van der Waals surface area contributed by atoms with Crippen LogP contribution in [0.2, 0.25) is 0 Å². The number of hydrogen-bond acceptors (Lipinski definition) is 7. The Bertz CT molecular complexity index is 968. The fourth-order valence-corrected chi connectivity index (χ4v) is 4.05. The van der Waals surface area contributed by atoms with E-state index in [4.69, 9.17) is 13.7 Å². The molecular weight excluding hydrogens is 424 g/mol. The number of cyclic esters (lactones) is 1. The fourth-order valence-electron chi connectivity index (χ4n) is 3.02. The molecule has 2 amide bonds. The molecule has 0 aromatic heterocycles. The van der Waals surface area contributed by atoms with E-state index >= 15 is 0 Å². The van der Waals surface area contributed by atoms with Crippen LogP contribution in [0.4, 0.5) is 9.59 Å². The number of hydrogen-bond donors (Lipinski definition) is 2. The topological polar surface area (TPSA) is 120 Å². The molecule has 0 saturated carbocycles. The van der Waals surface area contributed by atoms with Gasteiger partial charge in [-0.1, -0.05) is 60.7 Å². The summed E-state index contributed by atoms with van der Waals surface area (Å²) >= 11 is 0. The minimum atomic E-state index is -3.76. The molecule has 1 saturated heterocycles. The van der Waals surface area contributed by atoms with Crippen LogP contribution in [-0.2, 0) is 36.1 Å². The van der Waals surface area contributed by atoms with Gasteiger partial charge in [-0.2, -0.15) is 8.42 Å². The summed E-state index contributed by atoms with van der Waals surface area (Å²) in [6, 6.07) is 17.4. The highest BCUT2D eigenvalue weighted by Crippen LogP contribution is 2.14. The van der Waals surface area contributed by atoms with E-state index in [-0.39, 0.29) is 31.9 Å². The van der Waals surface area contributed by atoms with E-state index in [2.05, 4.69) is 10.6 Å². The summed E-state index contributed by atoms with van der Waals surface area (Å²) in [5.41, 5.74) is 1.47. The number of nitrogens with one attached hydrogen (secondary N) is 2. The average molecular weight is 448 g/mol. The Balaban J connectivity index is 1.41. The second-order valence-corrected chi connectivity index (χ2v) is 8.58. The zero-order chi connectivity index (χ0) is 22.1. The minimum Gasteiger partial charge on any atom is -0.445 e. The molecule has 2 atom stereocenters. The van der Waals surface area contributed by atoms with Gasteiger partial charge in [0.25, 0.3) is 10.1 Å². The smallest absolute Gasteiger partial charge is 0.407 e. The van der Waals surface area contributed by atoms with Crippen molar-refractivity contribution in [3.63, 3.8) is 0 Å². The summed E-state index contributed by atoms with van der Waals surface area (Å²) in [6.07, 6.45) is -1.75. The maximum absolute atomic E-state index is 12.1. The molecule has 1 aliphatic rings. The van der Waals surface area contributed by atoms with Crippen LogP contribution >= 0.6 is 0 Å². The highest BCUT2D eigenvalue weighted by Gasteiger charge is 2.34. The average Bonchev–Trinajstić information content (AvgIpc) is 3.11. The van der Waals surface area contributed by atoms with Crippen molar-refractivity contribution in [3.05, 3.63) is 71.8 Å². The number of ether oxygens (including phenoxy) is 2. The molecule has 1 fully saturated rings. The molecule has 2 aromatic carbocycles. The zero-order valence-corrected chi connectivity index (χ0v) is 17.5. The summed E-state index contributed by atoms with van der Waals surface area (Å²) < 4.78 is 39.5. The van der Waals surface area contributed by atoms with Crippen molar-refractivity contribution in [2.45, 2.75) is 30.9 Å². The zero-order valence-electron chi connectivity index (χ0n) is 16.7. The van der Waals surface area contributed by atoms with Gasteiger partial charge in [0.1, 0.15) is 18.5 Å². The monoisotopic (exact) mass is 448 g/mol. The van der Waals surface area contributed by atoms with Gasteiger partial charge >= 0.3 is 12.2 Å². The third-order valence-electron chi connectivity index (χ3n) is 4.55. The maximum Gasteiger partial charge on any atom is 0.407 e. The van der Waals surface area contributed by atoms with Gasteiger partial charge in [0, 0.05) is 0 Å². The van der Waals surface area contributed by atoms with E-state index in [1.165, 1.54) is 0 Å². The lowest BCUT2D eigenvalue weighted by molar-refractivity contribution is 0.112. The fraction of sp³-hybridized carbons (Fsp3) is 0.333. The standard InChI is InChI=1S/C21H24N2O7S/c24-20(28-14-16-7-3-1-4-8-16)22-13-19-18(23-21(25)30-19)11-12-29-31(26,27)15-17-9-5-2-6-10-17/h1-10,18-19H,11-15H2,(H,22,24)(H,23,25)/t18-,19-/m1/s1. The summed E-state index contributed by atoms with van der Waals surface area (Å²) in [7, 11) is -3.76. The van der Waals surface area contributed by atoms with Crippen LogP contribution in [0, 0.1) is 0 Å². The molecule has 1 aliphatic heterocycles. The molecule has 0 aliphatic carbocycles. The Morgan fingerprint density at radius 1 is 1.03 bits per heavy atom. The third-order valence-corrected chi connectivity index (χ3v) is 5.76. The van der Waals surface area contributed by atoms with Gasteiger partial charge in [-0.05, 0) is 17.5 Å². The van der Waals surface area contributed by atoms with Gasteiger partial charge in [-0.25, -0.2) is 9.59 Å². The van der Waals surface area contributed by atoms with Crippen molar-refractivity contribution in [3.8, 4) is 0 Å². The van der Waals surface area contributed by atoms with Gasteiger partial charge in [-0.3, -0.25) is 4.18 Å². The van der Waals surface area contributed by atoms with E-state index in [0.717, 1.165) is 5.56 Å². The van der Waals surface area contributed by atoms with E-state index in [1.807, 2.05) is 30.3 Å². The molecule has 0 bridgehead atoms. The SMILES string of the molecule is O=C(NC[C@H]1OC(=O)N[C@@H]1CCOS(=O)(=O)Cc1ccccc1)OCc1ccccc1. The largest absolute Gasteiger partial charge is 0.445 e. The number of rotatable bonds is 10. The van der Waals surface area contributed by atoms with Gasteiger partial charge < -0.3 is 20.1 Å². The first kappa shape index (κ1) is 22.6.